The monoisotopic (exact) mass is 549 g/mol. The van der Waals surface area contributed by atoms with Crippen LogP contribution in [0.4, 0.5) is 21.5 Å². The van der Waals surface area contributed by atoms with E-state index < -0.39 is 38.3 Å². The Hall–Kier alpha value is -3.84. The van der Waals surface area contributed by atoms with Crippen molar-refractivity contribution in [2.45, 2.75) is 4.90 Å². The van der Waals surface area contributed by atoms with Crippen LogP contribution in [0.15, 0.2) is 71.6 Å². The van der Waals surface area contributed by atoms with Crippen molar-refractivity contribution in [3.05, 3.63) is 72.5 Å². The lowest BCUT2D eigenvalue weighted by molar-refractivity contribution is -0.114. The predicted molar refractivity (Wildman–Crippen MR) is 137 cm³/mol. The summed E-state index contributed by atoms with van der Waals surface area (Å²) in [5, 5.41) is 2.57. The summed E-state index contributed by atoms with van der Waals surface area (Å²) < 4.78 is 77.7. The van der Waals surface area contributed by atoms with E-state index in [1.54, 1.807) is 12.1 Å². The van der Waals surface area contributed by atoms with Crippen LogP contribution in [0.3, 0.4) is 0 Å². The van der Waals surface area contributed by atoms with Gasteiger partial charge in [0.25, 0.3) is 10.0 Å². The Bertz CT molecular complexity index is 1550. The van der Waals surface area contributed by atoms with E-state index in [1.807, 2.05) is 0 Å². The van der Waals surface area contributed by atoms with E-state index in [2.05, 4.69) is 5.32 Å². The number of rotatable bonds is 8. The molecular weight excluding hydrogens is 525 g/mol. The molecule has 13 heteroatoms. The molecule has 0 saturated carbocycles. The number of anilines is 3. The van der Waals surface area contributed by atoms with Crippen molar-refractivity contribution in [1.29, 1.82) is 0 Å². The van der Waals surface area contributed by atoms with Gasteiger partial charge >= 0.3 is 0 Å². The number of benzene rings is 3. The highest BCUT2D eigenvalue weighted by atomic mass is 32.2. The molecule has 0 aliphatic carbocycles. The molecule has 1 N–H and O–H groups in total. The zero-order valence-electron chi connectivity index (χ0n) is 19.9. The summed E-state index contributed by atoms with van der Waals surface area (Å²) in [5.74, 6) is -0.789. The fraction of sp³-hybridized carbons (Fsp3) is 0.208. The minimum Gasteiger partial charge on any atom is -0.486 e. The quantitative estimate of drug-likeness (QED) is 0.459. The van der Waals surface area contributed by atoms with Crippen LogP contribution in [-0.2, 0) is 24.8 Å². The summed E-state index contributed by atoms with van der Waals surface area (Å²) in [6.45, 7) is -0.109. The van der Waals surface area contributed by atoms with Crippen LogP contribution >= 0.6 is 0 Å². The Kier molecular flexibility index (Phi) is 7.28. The number of nitrogens with one attached hydrogen (secondary N) is 1. The molecule has 1 aliphatic heterocycles. The molecule has 0 unspecified atom stereocenters. The van der Waals surface area contributed by atoms with E-state index >= 15 is 0 Å². The molecule has 3 aromatic carbocycles. The van der Waals surface area contributed by atoms with Gasteiger partial charge in [-0.3, -0.25) is 13.4 Å². The summed E-state index contributed by atoms with van der Waals surface area (Å²) in [4.78, 5) is 12.8. The number of ether oxygens (including phenoxy) is 2. The van der Waals surface area contributed by atoms with Crippen LogP contribution in [0, 0.1) is 5.82 Å². The van der Waals surface area contributed by atoms with Crippen molar-refractivity contribution >= 4 is 43.0 Å². The summed E-state index contributed by atoms with van der Waals surface area (Å²) in [5.41, 5.74) is 0.482. The molecule has 0 aromatic heterocycles. The molecular formula is C24H24FN3O7S2. The SMILES string of the molecule is CN(c1cccc(NC(=O)CN(c2cccc(F)c2)S(=O)(=O)c2ccc3c(c2)OCCO3)c1)S(C)(=O)=O. The van der Waals surface area contributed by atoms with Gasteiger partial charge in [0.2, 0.25) is 15.9 Å². The van der Waals surface area contributed by atoms with E-state index in [-0.39, 0.29) is 28.6 Å². The van der Waals surface area contributed by atoms with Crippen molar-refractivity contribution < 1.29 is 35.5 Å². The maximum Gasteiger partial charge on any atom is 0.264 e. The minimum absolute atomic E-state index is 0.0596. The third-order valence-electron chi connectivity index (χ3n) is 5.48. The van der Waals surface area contributed by atoms with Gasteiger partial charge in [-0.1, -0.05) is 12.1 Å². The number of sulfonamides is 2. The topological polar surface area (TPSA) is 122 Å². The lowest BCUT2D eigenvalue weighted by atomic mass is 10.2. The van der Waals surface area contributed by atoms with Crippen molar-refractivity contribution in [2.75, 3.05) is 47.0 Å². The van der Waals surface area contributed by atoms with Crippen LogP contribution in [0.2, 0.25) is 0 Å². The van der Waals surface area contributed by atoms with E-state index in [9.17, 15) is 26.0 Å². The van der Waals surface area contributed by atoms with Gasteiger partial charge in [0.1, 0.15) is 25.6 Å². The van der Waals surface area contributed by atoms with Gasteiger partial charge in [-0.05, 0) is 48.5 Å². The lowest BCUT2D eigenvalue weighted by Crippen LogP contribution is -2.38. The summed E-state index contributed by atoms with van der Waals surface area (Å²) in [6.07, 6.45) is 1.04. The molecule has 3 aromatic rings. The Balaban J connectivity index is 1.64. The molecule has 0 saturated heterocycles. The van der Waals surface area contributed by atoms with Gasteiger partial charge in [0.05, 0.1) is 22.5 Å². The van der Waals surface area contributed by atoms with Crippen LogP contribution in [0.25, 0.3) is 0 Å². The predicted octanol–water partition coefficient (Wildman–Crippen LogP) is 2.83. The highest BCUT2D eigenvalue weighted by Crippen LogP contribution is 2.34. The number of halogens is 1. The Morgan fingerprint density at radius 3 is 2.30 bits per heavy atom. The number of nitrogens with zero attached hydrogens (tertiary/aromatic N) is 2. The lowest BCUT2D eigenvalue weighted by Gasteiger charge is -2.25. The second-order valence-corrected chi connectivity index (χ2v) is 12.0. The Morgan fingerprint density at radius 2 is 1.59 bits per heavy atom. The van der Waals surface area contributed by atoms with E-state index in [1.165, 1.54) is 49.5 Å². The maximum atomic E-state index is 14.0. The van der Waals surface area contributed by atoms with Gasteiger partial charge in [0, 0.05) is 18.8 Å². The number of carbonyl (C=O) groups excluding carboxylic acids is 1. The highest BCUT2D eigenvalue weighted by molar-refractivity contribution is 7.93. The first-order chi connectivity index (χ1) is 17.4. The molecule has 1 amide bonds. The first kappa shape index (κ1) is 26.2. The van der Waals surface area contributed by atoms with Gasteiger partial charge in [0.15, 0.2) is 11.5 Å². The third kappa shape index (κ3) is 5.94. The van der Waals surface area contributed by atoms with Crippen LogP contribution in [0.1, 0.15) is 0 Å². The van der Waals surface area contributed by atoms with Gasteiger partial charge in [-0.2, -0.15) is 0 Å². The molecule has 0 radical (unpaired) electrons. The molecule has 196 valence electrons. The molecule has 1 heterocycles. The average Bonchev–Trinajstić information content (AvgIpc) is 2.86. The summed E-state index contributed by atoms with van der Waals surface area (Å²) >= 11 is 0. The molecule has 0 spiro atoms. The van der Waals surface area contributed by atoms with Crippen molar-refractivity contribution in [3.8, 4) is 11.5 Å². The first-order valence-electron chi connectivity index (χ1n) is 11.0. The van der Waals surface area contributed by atoms with Gasteiger partial charge in [-0.15, -0.1) is 0 Å². The Labute approximate surface area is 214 Å². The molecule has 0 atom stereocenters. The molecule has 0 bridgehead atoms. The van der Waals surface area contributed by atoms with Gasteiger partial charge < -0.3 is 14.8 Å². The van der Waals surface area contributed by atoms with Crippen molar-refractivity contribution in [1.82, 2.24) is 0 Å². The second-order valence-electron chi connectivity index (χ2n) is 8.13. The molecule has 37 heavy (non-hydrogen) atoms. The van der Waals surface area contributed by atoms with Crippen LogP contribution < -0.4 is 23.4 Å². The maximum absolute atomic E-state index is 14.0. The molecule has 10 nitrogen and oxygen atoms in total. The number of hydrogen-bond acceptors (Lipinski definition) is 7. The smallest absolute Gasteiger partial charge is 0.264 e. The minimum atomic E-state index is -4.35. The number of fused-ring (bicyclic) bond motifs is 1. The molecule has 0 fully saturated rings. The van der Waals surface area contributed by atoms with Gasteiger partial charge in [-0.25, -0.2) is 21.2 Å². The summed E-state index contributed by atoms with van der Waals surface area (Å²) in [6, 6.07) is 15.0. The molecule has 1 aliphatic rings. The number of hydrogen-bond donors (Lipinski definition) is 1. The largest absolute Gasteiger partial charge is 0.486 e. The van der Waals surface area contributed by atoms with Crippen molar-refractivity contribution in [2.24, 2.45) is 0 Å². The second kappa shape index (κ2) is 10.3. The zero-order valence-corrected chi connectivity index (χ0v) is 21.6. The standard InChI is InChI=1S/C24H24FN3O7S2/c1-27(36(2,30)31)19-7-4-6-18(14-19)26-24(29)16-28(20-8-3-5-17(25)13-20)37(32,33)21-9-10-22-23(15-21)35-12-11-34-22/h3-10,13-15H,11-12,16H2,1-2H3,(H,26,29). The molecule has 4 rings (SSSR count). The van der Waals surface area contributed by atoms with E-state index in [0.29, 0.717) is 18.0 Å². The fourth-order valence-electron chi connectivity index (χ4n) is 3.56. The Morgan fingerprint density at radius 1 is 0.919 bits per heavy atom. The third-order valence-corrected chi connectivity index (χ3v) is 8.45. The van der Waals surface area contributed by atoms with Crippen LogP contribution in [0.5, 0.6) is 11.5 Å². The average molecular weight is 550 g/mol. The summed E-state index contributed by atoms with van der Waals surface area (Å²) in [7, 11) is -6.53. The normalized spacial score (nSPS) is 13.1. The van der Waals surface area contributed by atoms with E-state index in [0.717, 1.165) is 27.0 Å². The van der Waals surface area contributed by atoms with E-state index in [4.69, 9.17) is 9.47 Å². The van der Waals surface area contributed by atoms with Crippen molar-refractivity contribution in [3.63, 3.8) is 0 Å². The number of amides is 1. The zero-order chi connectivity index (χ0) is 26.8. The first-order valence-corrected chi connectivity index (χ1v) is 14.3. The van der Waals surface area contributed by atoms with Crippen LogP contribution in [-0.4, -0.2) is 55.8 Å². The number of carbonyl (C=O) groups is 1. The fourth-order valence-corrected chi connectivity index (χ4v) is 5.48. The highest BCUT2D eigenvalue weighted by Gasteiger charge is 2.29.